The van der Waals surface area contributed by atoms with Gasteiger partial charge in [-0.15, -0.1) is 0 Å². The molecule has 0 amide bonds. The van der Waals surface area contributed by atoms with Crippen LogP contribution in [0.3, 0.4) is 0 Å². The van der Waals surface area contributed by atoms with Gasteiger partial charge in [0, 0.05) is 39.9 Å². The van der Waals surface area contributed by atoms with Gasteiger partial charge in [-0.25, -0.2) is 13.8 Å². The Morgan fingerprint density at radius 1 is 1.03 bits per heavy atom. The molecule has 1 saturated heterocycles. The molecule has 1 fully saturated rings. The number of aryl methyl sites for hydroxylation is 1. The maximum absolute atomic E-state index is 13.8. The van der Waals surface area contributed by atoms with E-state index >= 15 is 0 Å². The van der Waals surface area contributed by atoms with E-state index in [-0.39, 0.29) is 35.0 Å². The Balaban J connectivity index is 1.55. The minimum atomic E-state index is -0.327. The molecule has 1 unspecified atom stereocenters. The monoisotopic (exact) mass is 515 g/mol. The third-order valence-electron chi connectivity index (χ3n) is 7.11. The van der Waals surface area contributed by atoms with E-state index in [2.05, 4.69) is 20.9 Å². The summed E-state index contributed by atoms with van der Waals surface area (Å²) in [5, 5.41) is 9.42. The molecule has 0 saturated carbocycles. The first-order valence-corrected chi connectivity index (χ1v) is 12.3. The van der Waals surface area contributed by atoms with Crippen LogP contribution >= 0.6 is 0 Å². The van der Waals surface area contributed by atoms with E-state index in [1.54, 1.807) is 56.6 Å². The van der Waals surface area contributed by atoms with E-state index in [1.807, 2.05) is 0 Å². The molecule has 2 aromatic heterocycles. The van der Waals surface area contributed by atoms with Gasteiger partial charge in [0.2, 0.25) is 0 Å². The van der Waals surface area contributed by atoms with Crippen LogP contribution in [-0.4, -0.2) is 53.8 Å². The van der Waals surface area contributed by atoms with E-state index < -0.39 is 0 Å². The topological polar surface area (TPSA) is 74.4 Å². The third-order valence-corrected chi connectivity index (χ3v) is 7.11. The van der Waals surface area contributed by atoms with E-state index in [9.17, 15) is 18.8 Å². The zero-order chi connectivity index (χ0) is 26.8. The van der Waals surface area contributed by atoms with Gasteiger partial charge >= 0.3 is 0 Å². The van der Waals surface area contributed by atoms with Crippen LogP contribution in [0.4, 0.5) is 14.5 Å². The third kappa shape index (κ3) is 4.88. The predicted octanol–water partition coefficient (Wildman–Crippen LogP) is 4.01. The second-order valence-corrected chi connectivity index (χ2v) is 9.40. The number of nitrogens with zero attached hydrogens (tertiary/aromatic N) is 5. The van der Waals surface area contributed by atoms with Crippen LogP contribution in [0, 0.1) is 23.0 Å². The number of halogens is 2. The van der Waals surface area contributed by atoms with Crippen molar-refractivity contribution >= 4 is 16.7 Å². The van der Waals surface area contributed by atoms with E-state index in [1.165, 1.54) is 28.8 Å². The molecule has 4 aromatic rings. The van der Waals surface area contributed by atoms with Gasteiger partial charge < -0.3 is 14.2 Å². The van der Waals surface area contributed by atoms with Gasteiger partial charge in [0.15, 0.2) is 0 Å². The Hall–Kier alpha value is -4.13. The summed E-state index contributed by atoms with van der Waals surface area (Å²) in [5.74, 6) is -0.654. The second kappa shape index (κ2) is 10.7. The van der Waals surface area contributed by atoms with Gasteiger partial charge in [-0.1, -0.05) is 24.3 Å². The number of anilines is 1. The van der Waals surface area contributed by atoms with Crippen LogP contribution in [0.2, 0.25) is 0 Å². The Morgan fingerprint density at radius 2 is 1.66 bits per heavy atom. The van der Waals surface area contributed by atoms with Crippen molar-refractivity contribution in [2.24, 2.45) is 7.05 Å². The van der Waals surface area contributed by atoms with Crippen molar-refractivity contribution in [2.75, 3.05) is 38.3 Å². The number of methoxy groups -OCH3 is 1. The maximum Gasteiger partial charge on any atom is 0.252 e. The summed E-state index contributed by atoms with van der Waals surface area (Å²) in [7, 11) is 3.32. The Morgan fingerprint density at radius 3 is 2.24 bits per heavy atom. The molecule has 0 N–H and O–H groups in total. The minimum absolute atomic E-state index is 0.118. The van der Waals surface area contributed by atoms with Gasteiger partial charge in [-0.3, -0.25) is 9.69 Å². The van der Waals surface area contributed by atoms with Crippen LogP contribution in [0.5, 0.6) is 0 Å². The largest absolute Gasteiger partial charge is 0.383 e. The fourth-order valence-corrected chi connectivity index (χ4v) is 5.25. The van der Waals surface area contributed by atoms with Crippen molar-refractivity contribution in [3.05, 3.63) is 106 Å². The Labute approximate surface area is 219 Å². The number of aromatic nitrogens is 2. The Bertz CT molecular complexity index is 1500. The van der Waals surface area contributed by atoms with E-state index in [4.69, 9.17) is 4.74 Å². The molecule has 1 aliphatic rings. The fourth-order valence-electron chi connectivity index (χ4n) is 5.25. The number of ether oxygens (including phenoxy) is 1. The lowest BCUT2D eigenvalue weighted by molar-refractivity contribution is 0.0624. The van der Waals surface area contributed by atoms with Crippen molar-refractivity contribution in [3.63, 3.8) is 0 Å². The van der Waals surface area contributed by atoms with Crippen molar-refractivity contribution < 1.29 is 13.5 Å². The number of rotatable bonds is 6. The summed E-state index contributed by atoms with van der Waals surface area (Å²) in [6.45, 7) is 2.07. The van der Waals surface area contributed by atoms with Crippen LogP contribution in [-0.2, 0) is 11.8 Å². The summed E-state index contributed by atoms with van der Waals surface area (Å²) in [4.78, 5) is 21.7. The first-order chi connectivity index (χ1) is 18.4. The molecule has 0 spiro atoms. The van der Waals surface area contributed by atoms with Crippen LogP contribution in [0.25, 0.3) is 11.0 Å². The normalized spacial score (nSPS) is 16.2. The second-order valence-electron chi connectivity index (χ2n) is 9.40. The number of hydrogen-bond donors (Lipinski definition) is 0. The number of hydrogen-bond acceptors (Lipinski definition) is 6. The van der Waals surface area contributed by atoms with Gasteiger partial charge in [-0.05, 0) is 47.5 Å². The summed E-state index contributed by atoms with van der Waals surface area (Å²) < 4.78 is 34.7. The van der Waals surface area contributed by atoms with Crippen molar-refractivity contribution in [2.45, 2.75) is 12.1 Å². The molecule has 2 aromatic carbocycles. The summed E-state index contributed by atoms with van der Waals surface area (Å²) >= 11 is 0. The standard InChI is InChI=1S/C29H27F2N5O2/c1-34-25-12-11-23(16-32)33-28(25)26(15-27(34)37)35-13-14-36(24(17-35)18-38-2)29(19-3-7-21(30)8-4-19)20-5-9-22(31)10-6-20/h3-12,15,24,29H,13-14,17-18H2,1-2H3. The quantitative estimate of drug-likeness (QED) is 0.386. The molecule has 5 rings (SSSR count). The summed E-state index contributed by atoms with van der Waals surface area (Å²) in [5.41, 5.74) is 3.77. The molecule has 0 aliphatic carbocycles. The lowest BCUT2D eigenvalue weighted by Crippen LogP contribution is -2.56. The fraction of sp³-hybridized carbons (Fsp3) is 0.276. The zero-order valence-electron chi connectivity index (χ0n) is 21.1. The number of pyridine rings is 2. The number of piperazine rings is 1. The molecule has 194 valence electrons. The highest BCUT2D eigenvalue weighted by Gasteiger charge is 2.35. The lowest BCUT2D eigenvalue weighted by atomic mass is 9.94. The molecular formula is C29H27F2N5O2. The minimum Gasteiger partial charge on any atom is -0.383 e. The molecule has 38 heavy (non-hydrogen) atoms. The highest BCUT2D eigenvalue weighted by molar-refractivity contribution is 5.88. The molecular weight excluding hydrogens is 488 g/mol. The first kappa shape index (κ1) is 25.5. The number of fused-ring (bicyclic) bond motifs is 1. The smallest absolute Gasteiger partial charge is 0.252 e. The molecule has 7 nitrogen and oxygen atoms in total. The maximum atomic E-state index is 13.8. The number of benzene rings is 2. The first-order valence-electron chi connectivity index (χ1n) is 12.3. The average molecular weight is 516 g/mol. The van der Waals surface area contributed by atoms with Crippen LogP contribution in [0.15, 0.2) is 71.5 Å². The molecule has 1 atom stereocenters. The van der Waals surface area contributed by atoms with Crippen molar-refractivity contribution in [1.82, 2.24) is 14.5 Å². The van der Waals surface area contributed by atoms with Gasteiger partial charge in [-0.2, -0.15) is 5.26 Å². The molecule has 3 heterocycles. The molecule has 0 bridgehead atoms. The lowest BCUT2D eigenvalue weighted by Gasteiger charge is -2.46. The van der Waals surface area contributed by atoms with E-state index in [0.717, 1.165) is 11.1 Å². The molecule has 1 aliphatic heterocycles. The highest BCUT2D eigenvalue weighted by atomic mass is 19.1. The zero-order valence-corrected chi connectivity index (χ0v) is 21.1. The summed E-state index contributed by atoms with van der Waals surface area (Å²) in [6.07, 6.45) is 0. The van der Waals surface area contributed by atoms with Crippen LogP contribution in [0.1, 0.15) is 22.9 Å². The van der Waals surface area contributed by atoms with Crippen LogP contribution < -0.4 is 10.5 Å². The highest BCUT2D eigenvalue weighted by Crippen LogP contribution is 2.34. The predicted molar refractivity (Wildman–Crippen MR) is 141 cm³/mol. The van der Waals surface area contributed by atoms with Gasteiger partial charge in [0.05, 0.1) is 29.9 Å². The summed E-state index contributed by atoms with van der Waals surface area (Å²) in [6, 6.07) is 19.3. The van der Waals surface area contributed by atoms with Crippen molar-refractivity contribution in [3.8, 4) is 6.07 Å². The van der Waals surface area contributed by atoms with Crippen molar-refractivity contribution in [1.29, 1.82) is 5.26 Å². The van der Waals surface area contributed by atoms with Gasteiger partial charge in [0.25, 0.3) is 5.56 Å². The molecule has 0 radical (unpaired) electrons. The SMILES string of the molecule is COCC1CN(c2cc(=O)n(C)c3ccc(C#N)nc23)CCN1C(c1ccc(F)cc1)c1ccc(F)cc1. The van der Waals surface area contributed by atoms with E-state index in [0.29, 0.717) is 43.0 Å². The average Bonchev–Trinajstić information content (AvgIpc) is 2.93. The molecule has 9 heteroatoms. The number of nitriles is 1. The Kier molecular flexibility index (Phi) is 7.18. The van der Waals surface area contributed by atoms with Gasteiger partial charge in [0.1, 0.15) is 28.9 Å².